The summed E-state index contributed by atoms with van der Waals surface area (Å²) in [5, 5.41) is 24.4. The maximum absolute atomic E-state index is 12.8. The Morgan fingerprint density at radius 2 is 1.89 bits per heavy atom. The normalized spacial score (nSPS) is 12.2. The number of aromatic amines is 1. The lowest BCUT2D eigenvalue weighted by atomic mass is 9.80. The van der Waals surface area contributed by atoms with Crippen molar-refractivity contribution in [3.05, 3.63) is 81.6 Å². The predicted molar refractivity (Wildman–Crippen MR) is 141 cm³/mol. The minimum absolute atomic E-state index is 0.105. The number of hydrogen-bond donors (Lipinski definition) is 3. The van der Waals surface area contributed by atoms with Gasteiger partial charge in [0, 0.05) is 24.4 Å². The molecule has 37 heavy (non-hydrogen) atoms. The van der Waals surface area contributed by atoms with Crippen molar-refractivity contribution in [3.63, 3.8) is 0 Å². The fourth-order valence-corrected chi connectivity index (χ4v) is 5.15. The number of nitriles is 1. The summed E-state index contributed by atoms with van der Waals surface area (Å²) in [6, 6.07) is 16.8. The van der Waals surface area contributed by atoms with Crippen LogP contribution in [0.3, 0.4) is 0 Å². The van der Waals surface area contributed by atoms with Crippen molar-refractivity contribution < 1.29 is 14.7 Å². The molecule has 10 heteroatoms. The molecule has 0 fully saturated rings. The molecule has 9 nitrogen and oxygen atoms in total. The number of thiazole rings is 1. The number of rotatable bonds is 8. The Morgan fingerprint density at radius 1 is 1.16 bits per heavy atom. The number of carbonyl (C=O) groups is 2. The molecule has 190 valence electrons. The van der Waals surface area contributed by atoms with Crippen LogP contribution in [0.1, 0.15) is 59.1 Å². The van der Waals surface area contributed by atoms with Crippen LogP contribution >= 0.6 is 11.3 Å². The second-order valence-corrected chi connectivity index (χ2v) is 10.7. The molecule has 0 spiro atoms. The molecule has 0 aliphatic heterocycles. The molecule has 0 bridgehead atoms. The second-order valence-electron chi connectivity index (χ2n) is 9.80. The topological polar surface area (TPSA) is 135 Å². The summed E-state index contributed by atoms with van der Waals surface area (Å²) in [4.78, 5) is 38.6. The minimum Gasteiger partial charge on any atom is -0.465 e. The Kier molecular flexibility index (Phi) is 7.55. The Morgan fingerprint density at radius 3 is 2.59 bits per heavy atom. The van der Waals surface area contributed by atoms with Gasteiger partial charge in [-0.3, -0.25) is 4.79 Å². The summed E-state index contributed by atoms with van der Waals surface area (Å²) in [7, 11) is 0. The van der Waals surface area contributed by atoms with Gasteiger partial charge in [-0.05, 0) is 29.2 Å². The second kappa shape index (κ2) is 10.8. The number of para-hydroxylation sites is 2. The molecule has 2 aromatic heterocycles. The molecule has 2 amide bonds. The number of H-pyrrole nitrogens is 1. The van der Waals surface area contributed by atoms with E-state index in [-0.39, 0.29) is 42.6 Å². The smallest absolute Gasteiger partial charge is 0.407 e. The fourth-order valence-electron chi connectivity index (χ4n) is 4.02. The molecule has 0 aliphatic carbocycles. The highest BCUT2D eigenvalue weighted by Crippen LogP contribution is 2.37. The van der Waals surface area contributed by atoms with Gasteiger partial charge in [0.2, 0.25) is 0 Å². The maximum Gasteiger partial charge on any atom is 0.407 e. The zero-order valence-electron chi connectivity index (χ0n) is 20.9. The first kappa shape index (κ1) is 25.9. The molecule has 2 aromatic carbocycles. The summed E-state index contributed by atoms with van der Waals surface area (Å²) in [5.41, 5.74) is 2.81. The summed E-state index contributed by atoms with van der Waals surface area (Å²) in [6.07, 6.45) is -1.06. The molecule has 1 atom stereocenters. The zero-order chi connectivity index (χ0) is 26.6. The van der Waals surface area contributed by atoms with E-state index in [0.29, 0.717) is 16.4 Å². The van der Waals surface area contributed by atoms with E-state index in [1.54, 1.807) is 23.6 Å². The van der Waals surface area contributed by atoms with Gasteiger partial charge in [0.15, 0.2) is 0 Å². The molecule has 1 unspecified atom stereocenters. The highest BCUT2D eigenvalue weighted by atomic mass is 32.1. The van der Waals surface area contributed by atoms with Crippen molar-refractivity contribution in [3.8, 4) is 6.07 Å². The third-order valence-electron chi connectivity index (χ3n) is 6.13. The van der Waals surface area contributed by atoms with Gasteiger partial charge in [-0.1, -0.05) is 51.1 Å². The number of hydrogen-bond acceptors (Lipinski definition) is 6. The Labute approximate surface area is 218 Å². The van der Waals surface area contributed by atoms with E-state index in [2.05, 4.69) is 26.3 Å². The molecule has 0 saturated heterocycles. The first-order valence-corrected chi connectivity index (χ1v) is 12.7. The number of benzene rings is 2. The van der Waals surface area contributed by atoms with Gasteiger partial charge < -0.3 is 20.3 Å². The number of carbonyl (C=O) groups excluding carboxylic acids is 1. The number of carboxylic acid groups (broad SMARTS) is 1. The third-order valence-corrected chi connectivity index (χ3v) is 7.09. The van der Waals surface area contributed by atoms with Crippen molar-refractivity contribution in [2.24, 2.45) is 5.41 Å². The maximum atomic E-state index is 12.8. The van der Waals surface area contributed by atoms with E-state index in [1.165, 1.54) is 16.2 Å². The van der Waals surface area contributed by atoms with E-state index >= 15 is 0 Å². The highest BCUT2D eigenvalue weighted by molar-refractivity contribution is 7.10. The first-order chi connectivity index (χ1) is 17.7. The van der Waals surface area contributed by atoms with Crippen molar-refractivity contribution in [1.29, 1.82) is 5.26 Å². The molecule has 0 aliphatic rings. The van der Waals surface area contributed by atoms with E-state index < -0.39 is 6.09 Å². The molecule has 3 N–H and O–H groups in total. The van der Waals surface area contributed by atoms with Crippen molar-refractivity contribution in [1.82, 2.24) is 25.2 Å². The van der Waals surface area contributed by atoms with Crippen LogP contribution in [0.15, 0.2) is 53.9 Å². The van der Waals surface area contributed by atoms with Crippen LogP contribution in [-0.2, 0) is 13.1 Å². The van der Waals surface area contributed by atoms with Crippen molar-refractivity contribution in [2.45, 2.75) is 39.8 Å². The van der Waals surface area contributed by atoms with Gasteiger partial charge in [0.1, 0.15) is 11.5 Å². The van der Waals surface area contributed by atoms with E-state index in [0.717, 1.165) is 16.6 Å². The van der Waals surface area contributed by atoms with Crippen LogP contribution in [0.4, 0.5) is 4.79 Å². The highest BCUT2D eigenvalue weighted by Gasteiger charge is 2.33. The Balaban J connectivity index is 1.50. The van der Waals surface area contributed by atoms with E-state index in [4.69, 9.17) is 0 Å². The number of imidazole rings is 1. The van der Waals surface area contributed by atoms with E-state index in [1.807, 2.05) is 51.1 Å². The van der Waals surface area contributed by atoms with Gasteiger partial charge in [0.25, 0.3) is 5.91 Å². The number of aromatic nitrogens is 3. The molecular weight excluding hydrogens is 488 g/mol. The van der Waals surface area contributed by atoms with Crippen LogP contribution < -0.4 is 5.32 Å². The van der Waals surface area contributed by atoms with Crippen LogP contribution in [0, 0.1) is 16.7 Å². The van der Waals surface area contributed by atoms with Crippen molar-refractivity contribution in [2.75, 3.05) is 6.54 Å². The Bertz CT molecular complexity index is 1430. The zero-order valence-corrected chi connectivity index (χ0v) is 21.7. The van der Waals surface area contributed by atoms with Gasteiger partial charge in [-0.25, -0.2) is 14.8 Å². The lowest BCUT2D eigenvalue weighted by Crippen LogP contribution is -2.37. The predicted octanol–water partition coefficient (Wildman–Crippen LogP) is 5.13. The molecule has 4 rings (SSSR count). The monoisotopic (exact) mass is 516 g/mol. The van der Waals surface area contributed by atoms with Crippen LogP contribution in [-0.4, -0.2) is 43.5 Å². The van der Waals surface area contributed by atoms with Gasteiger partial charge in [-0.2, -0.15) is 5.26 Å². The fraction of sp³-hybridized carbons (Fsp3) is 0.296. The summed E-state index contributed by atoms with van der Waals surface area (Å²) < 4.78 is 0. The molecule has 2 heterocycles. The summed E-state index contributed by atoms with van der Waals surface area (Å²) in [5.74, 6) is -0.0350. The number of fused-ring (bicyclic) bond motifs is 1. The van der Waals surface area contributed by atoms with E-state index in [9.17, 15) is 20.0 Å². The Hall–Kier alpha value is -4.23. The van der Waals surface area contributed by atoms with Crippen LogP contribution in [0.2, 0.25) is 0 Å². The lowest BCUT2D eigenvalue weighted by molar-refractivity contribution is 0.0945. The minimum atomic E-state index is -1.06. The quantitative estimate of drug-likeness (QED) is 0.297. The average Bonchev–Trinajstić information content (AvgIpc) is 3.51. The molecule has 4 aromatic rings. The van der Waals surface area contributed by atoms with Gasteiger partial charge >= 0.3 is 6.09 Å². The van der Waals surface area contributed by atoms with Crippen molar-refractivity contribution >= 4 is 34.4 Å². The molecule has 0 saturated carbocycles. The van der Waals surface area contributed by atoms with Gasteiger partial charge in [0.05, 0.1) is 34.2 Å². The third kappa shape index (κ3) is 6.13. The molecule has 0 radical (unpaired) electrons. The number of nitrogens with zero attached hydrogens (tertiary/aromatic N) is 4. The summed E-state index contributed by atoms with van der Waals surface area (Å²) >= 11 is 1.34. The van der Waals surface area contributed by atoms with Crippen LogP contribution in [0.5, 0.6) is 0 Å². The molecular formula is C27H28N6O3S. The lowest BCUT2D eigenvalue weighted by Gasteiger charge is -2.32. The SMILES string of the molecule is CC(C)(C)C(CN(Cc1nc2ccccc2[nH]1)C(=O)O)c1nc(C(=O)NCc2ccccc2C#N)cs1. The van der Waals surface area contributed by atoms with Gasteiger partial charge in [-0.15, -0.1) is 11.3 Å². The van der Waals surface area contributed by atoms with Crippen LogP contribution in [0.25, 0.3) is 11.0 Å². The summed E-state index contributed by atoms with van der Waals surface area (Å²) in [6.45, 7) is 6.59. The first-order valence-electron chi connectivity index (χ1n) is 11.8. The average molecular weight is 517 g/mol. The standard InChI is InChI=1S/C27H28N6O3S/c1-27(2,3)19(14-33(26(35)36)15-23-30-20-10-6-7-11-21(20)31-23)25-32-22(16-37-25)24(34)29-13-18-9-5-4-8-17(18)12-28/h4-11,16,19H,13-15H2,1-3H3,(H,29,34)(H,30,31)(H,35,36). The number of amides is 2. The largest absolute Gasteiger partial charge is 0.465 e. The number of nitrogens with one attached hydrogen (secondary N) is 2.